The van der Waals surface area contributed by atoms with Gasteiger partial charge >= 0.3 is 0 Å². The molecule has 2 rings (SSSR count). The Morgan fingerprint density at radius 1 is 1.27 bits per heavy atom. The van der Waals surface area contributed by atoms with Gasteiger partial charge in [-0.15, -0.1) is 11.3 Å². The quantitative estimate of drug-likeness (QED) is 0.788. The Morgan fingerprint density at radius 2 is 1.93 bits per heavy atom. The van der Waals surface area contributed by atoms with E-state index >= 15 is 0 Å². The molecule has 1 aliphatic carbocycles. The van der Waals surface area contributed by atoms with E-state index in [0.717, 1.165) is 10.8 Å². The third-order valence-electron chi connectivity index (χ3n) is 3.84. The minimum Gasteiger partial charge on any atom is -0.320 e. The lowest BCUT2D eigenvalue weighted by Gasteiger charge is -2.47. The average molecular weight is 244 g/mol. The second-order valence-electron chi connectivity index (χ2n) is 5.17. The van der Waals surface area contributed by atoms with Crippen LogP contribution in [0.25, 0.3) is 0 Å². The summed E-state index contributed by atoms with van der Waals surface area (Å²) in [5.41, 5.74) is 6.63. The molecule has 1 unspecified atom stereocenters. The Morgan fingerprint density at radius 3 is 2.47 bits per heavy atom. The second kappa shape index (κ2) is 3.76. The van der Waals surface area contributed by atoms with E-state index in [-0.39, 0.29) is 11.0 Å². The van der Waals surface area contributed by atoms with E-state index in [4.69, 9.17) is 17.3 Å². The highest BCUT2D eigenvalue weighted by molar-refractivity contribution is 7.16. The van der Waals surface area contributed by atoms with Crippen LogP contribution in [0, 0.1) is 5.41 Å². The topological polar surface area (TPSA) is 26.0 Å². The summed E-state index contributed by atoms with van der Waals surface area (Å²) in [7, 11) is 0. The van der Waals surface area contributed by atoms with Crippen LogP contribution in [0.3, 0.4) is 0 Å². The van der Waals surface area contributed by atoms with Crippen LogP contribution in [0.2, 0.25) is 4.34 Å². The van der Waals surface area contributed by atoms with Crippen molar-refractivity contribution in [2.75, 3.05) is 0 Å². The molecule has 84 valence electrons. The molecule has 1 aromatic heterocycles. The first-order valence-electron chi connectivity index (χ1n) is 5.50. The Labute approximate surface area is 101 Å². The molecule has 0 radical (unpaired) electrons. The van der Waals surface area contributed by atoms with E-state index in [1.807, 2.05) is 6.07 Å². The molecule has 0 amide bonds. The van der Waals surface area contributed by atoms with Crippen LogP contribution in [-0.2, 0) is 5.54 Å². The van der Waals surface area contributed by atoms with E-state index in [2.05, 4.69) is 19.9 Å². The van der Waals surface area contributed by atoms with Gasteiger partial charge in [0.2, 0.25) is 0 Å². The van der Waals surface area contributed by atoms with Crippen molar-refractivity contribution < 1.29 is 0 Å². The summed E-state index contributed by atoms with van der Waals surface area (Å²) in [6.45, 7) is 4.56. The maximum atomic E-state index is 6.62. The first kappa shape index (κ1) is 11.4. The van der Waals surface area contributed by atoms with Gasteiger partial charge in [-0.05, 0) is 30.4 Å². The first-order valence-corrected chi connectivity index (χ1v) is 6.70. The fourth-order valence-electron chi connectivity index (χ4n) is 2.54. The number of nitrogens with two attached hydrogens (primary N) is 1. The maximum Gasteiger partial charge on any atom is 0.0931 e. The number of rotatable bonds is 1. The number of halogens is 1. The number of hydrogen-bond donors (Lipinski definition) is 1. The van der Waals surface area contributed by atoms with Crippen molar-refractivity contribution in [1.82, 2.24) is 0 Å². The van der Waals surface area contributed by atoms with E-state index < -0.39 is 0 Å². The van der Waals surface area contributed by atoms with Crippen molar-refractivity contribution in [3.63, 3.8) is 0 Å². The zero-order valence-corrected chi connectivity index (χ0v) is 10.9. The van der Waals surface area contributed by atoms with Crippen molar-refractivity contribution in [3.05, 3.63) is 21.3 Å². The minimum atomic E-state index is -0.178. The standard InChI is InChI=1S/C12H18ClNS/c1-11(2)7-3-4-8-12(11,14)9-5-6-10(13)15-9/h5-6H,3-4,7-8,14H2,1-2H3. The predicted octanol–water partition coefficient (Wildman–Crippen LogP) is 4.16. The van der Waals surface area contributed by atoms with Gasteiger partial charge in [-0.1, -0.05) is 38.3 Å². The molecule has 3 heteroatoms. The summed E-state index contributed by atoms with van der Waals surface area (Å²) < 4.78 is 0.844. The largest absolute Gasteiger partial charge is 0.320 e. The average Bonchev–Trinajstić information content (AvgIpc) is 2.58. The van der Waals surface area contributed by atoms with Gasteiger partial charge in [-0.2, -0.15) is 0 Å². The molecule has 1 aliphatic rings. The molecule has 0 aromatic carbocycles. The van der Waals surface area contributed by atoms with Gasteiger partial charge in [0.1, 0.15) is 0 Å². The SMILES string of the molecule is CC1(C)CCCCC1(N)c1ccc(Cl)s1. The molecule has 2 N–H and O–H groups in total. The second-order valence-corrected chi connectivity index (χ2v) is 6.88. The van der Waals surface area contributed by atoms with Crippen molar-refractivity contribution in [1.29, 1.82) is 0 Å². The lowest BCUT2D eigenvalue weighted by molar-refractivity contribution is 0.101. The van der Waals surface area contributed by atoms with Crippen LogP contribution in [0.5, 0.6) is 0 Å². The Bertz CT molecular complexity index is 358. The van der Waals surface area contributed by atoms with Crippen LogP contribution in [-0.4, -0.2) is 0 Å². The van der Waals surface area contributed by atoms with Gasteiger partial charge in [0.15, 0.2) is 0 Å². The molecule has 0 bridgehead atoms. The van der Waals surface area contributed by atoms with Gasteiger partial charge in [0.05, 0.1) is 9.88 Å². The Kier molecular flexibility index (Phi) is 2.87. The monoisotopic (exact) mass is 243 g/mol. The van der Waals surface area contributed by atoms with Gasteiger partial charge in [0, 0.05) is 4.88 Å². The molecule has 0 aliphatic heterocycles. The van der Waals surface area contributed by atoms with Crippen molar-refractivity contribution in [2.45, 2.75) is 45.1 Å². The van der Waals surface area contributed by atoms with Crippen molar-refractivity contribution in [3.8, 4) is 0 Å². The molecular weight excluding hydrogens is 226 g/mol. The van der Waals surface area contributed by atoms with Crippen molar-refractivity contribution in [2.24, 2.45) is 11.1 Å². The van der Waals surface area contributed by atoms with Crippen molar-refractivity contribution >= 4 is 22.9 Å². The molecule has 15 heavy (non-hydrogen) atoms. The van der Waals surface area contributed by atoms with Crippen LogP contribution in [0.1, 0.15) is 44.4 Å². The summed E-state index contributed by atoms with van der Waals surface area (Å²) in [4.78, 5) is 1.25. The molecule has 1 atom stereocenters. The molecular formula is C12H18ClNS. The summed E-state index contributed by atoms with van der Waals surface area (Å²) in [6.07, 6.45) is 4.82. The van der Waals surface area contributed by atoms with Crippen LogP contribution >= 0.6 is 22.9 Å². The molecule has 1 nitrogen and oxygen atoms in total. The fourth-order valence-corrected chi connectivity index (χ4v) is 3.90. The zero-order chi connectivity index (χ0) is 11.1. The molecule has 1 fully saturated rings. The molecule has 1 saturated carbocycles. The third-order valence-corrected chi connectivity index (χ3v) is 5.25. The third kappa shape index (κ3) is 1.83. The Balaban J connectivity index is 2.39. The molecule has 0 saturated heterocycles. The molecule has 1 aromatic rings. The lowest BCUT2D eigenvalue weighted by atomic mass is 9.63. The van der Waals surface area contributed by atoms with E-state index in [1.54, 1.807) is 11.3 Å². The van der Waals surface area contributed by atoms with Crippen LogP contribution in [0.15, 0.2) is 12.1 Å². The normalized spacial score (nSPS) is 30.4. The highest BCUT2D eigenvalue weighted by Gasteiger charge is 2.45. The highest BCUT2D eigenvalue weighted by atomic mass is 35.5. The fraction of sp³-hybridized carbons (Fsp3) is 0.667. The molecule has 0 spiro atoms. The zero-order valence-electron chi connectivity index (χ0n) is 9.35. The number of hydrogen-bond acceptors (Lipinski definition) is 2. The summed E-state index contributed by atoms with van der Waals surface area (Å²) in [6, 6.07) is 4.06. The van der Waals surface area contributed by atoms with Crippen LogP contribution in [0.4, 0.5) is 0 Å². The number of thiophene rings is 1. The minimum absolute atomic E-state index is 0.178. The summed E-state index contributed by atoms with van der Waals surface area (Å²) in [5, 5.41) is 0. The summed E-state index contributed by atoms with van der Waals surface area (Å²) in [5.74, 6) is 0. The van der Waals surface area contributed by atoms with Gasteiger partial charge in [-0.3, -0.25) is 0 Å². The highest BCUT2D eigenvalue weighted by Crippen LogP contribution is 2.50. The van der Waals surface area contributed by atoms with E-state index in [1.165, 1.54) is 24.1 Å². The van der Waals surface area contributed by atoms with Gasteiger partial charge in [-0.25, -0.2) is 0 Å². The van der Waals surface area contributed by atoms with E-state index in [0.29, 0.717) is 0 Å². The van der Waals surface area contributed by atoms with Crippen LogP contribution < -0.4 is 5.73 Å². The van der Waals surface area contributed by atoms with E-state index in [9.17, 15) is 0 Å². The smallest absolute Gasteiger partial charge is 0.0931 e. The molecule has 1 heterocycles. The van der Waals surface area contributed by atoms with Gasteiger partial charge < -0.3 is 5.73 Å². The Hall–Kier alpha value is -0.0500. The predicted molar refractivity (Wildman–Crippen MR) is 67.4 cm³/mol. The summed E-state index contributed by atoms with van der Waals surface area (Å²) >= 11 is 7.63. The lowest BCUT2D eigenvalue weighted by Crippen LogP contribution is -2.51. The first-order chi connectivity index (χ1) is 6.96. The van der Waals surface area contributed by atoms with Gasteiger partial charge in [0.25, 0.3) is 0 Å². The maximum absolute atomic E-state index is 6.62.